The van der Waals surface area contributed by atoms with E-state index >= 15 is 0 Å². The summed E-state index contributed by atoms with van der Waals surface area (Å²) in [5, 5.41) is 14.0. The number of pyridine rings is 1. The van der Waals surface area contributed by atoms with Crippen molar-refractivity contribution >= 4 is 17.3 Å². The fraction of sp³-hybridized carbons (Fsp3) is 0.368. The maximum Gasteiger partial charge on any atom is 0.311 e. The molecule has 1 amide bonds. The SMILES string of the molecule is COc1cc(N2CCC(C(=O)NCc3cccnc3)CC2)ccc1[N+](=O)[O-]. The minimum atomic E-state index is -0.457. The molecule has 8 nitrogen and oxygen atoms in total. The first-order valence-electron chi connectivity index (χ1n) is 8.82. The Morgan fingerprint density at radius 1 is 1.37 bits per heavy atom. The van der Waals surface area contributed by atoms with Crippen molar-refractivity contribution in [2.75, 3.05) is 25.1 Å². The first kappa shape index (κ1) is 18.6. The number of rotatable bonds is 6. The highest BCUT2D eigenvalue weighted by atomic mass is 16.6. The van der Waals surface area contributed by atoms with Crippen molar-refractivity contribution < 1.29 is 14.5 Å². The van der Waals surface area contributed by atoms with Gasteiger partial charge in [0, 0.05) is 55.8 Å². The molecule has 1 fully saturated rings. The third-order valence-corrected chi connectivity index (χ3v) is 4.78. The Labute approximate surface area is 157 Å². The summed E-state index contributed by atoms with van der Waals surface area (Å²) in [5.41, 5.74) is 1.79. The number of aromatic nitrogens is 1. The lowest BCUT2D eigenvalue weighted by Gasteiger charge is -2.33. The van der Waals surface area contributed by atoms with Crippen LogP contribution in [0.2, 0.25) is 0 Å². The maximum absolute atomic E-state index is 12.4. The molecular formula is C19H22N4O4. The Bertz CT molecular complexity index is 805. The van der Waals surface area contributed by atoms with Gasteiger partial charge in [-0.05, 0) is 30.5 Å². The van der Waals surface area contributed by atoms with E-state index in [2.05, 4.69) is 15.2 Å². The molecule has 0 bridgehead atoms. The molecule has 1 aromatic carbocycles. The highest BCUT2D eigenvalue weighted by Crippen LogP contribution is 2.33. The topological polar surface area (TPSA) is 97.6 Å². The van der Waals surface area contributed by atoms with Crippen LogP contribution in [-0.4, -0.2) is 36.0 Å². The second-order valence-corrected chi connectivity index (χ2v) is 6.45. The van der Waals surface area contributed by atoms with Crippen molar-refractivity contribution in [1.29, 1.82) is 0 Å². The van der Waals surface area contributed by atoms with E-state index in [-0.39, 0.29) is 23.3 Å². The van der Waals surface area contributed by atoms with E-state index in [1.165, 1.54) is 13.2 Å². The highest BCUT2D eigenvalue weighted by molar-refractivity contribution is 5.79. The number of methoxy groups -OCH3 is 1. The molecule has 27 heavy (non-hydrogen) atoms. The molecule has 1 aliphatic heterocycles. The monoisotopic (exact) mass is 370 g/mol. The van der Waals surface area contributed by atoms with Gasteiger partial charge in [0.1, 0.15) is 0 Å². The van der Waals surface area contributed by atoms with Crippen LogP contribution in [0, 0.1) is 16.0 Å². The molecule has 1 aromatic heterocycles. The third-order valence-electron chi connectivity index (χ3n) is 4.78. The molecule has 0 saturated carbocycles. The molecule has 3 rings (SSSR count). The summed E-state index contributed by atoms with van der Waals surface area (Å²) in [6.45, 7) is 1.91. The van der Waals surface area contributed by atoms with Crippen LogP contribution in [0.25, 0.3) is 0 Å². The van der Waals surface area contributed by atoms with E-state index in [0.29, 0.717) is 19.6 Å². The summed E-state index contributed by atoms with van der Waals surface area (Å²) in [5.74, 6) is 0.270. The number of carbonyl (C=O) groups excluding carboxylic acids is 1. The quantitative estimate of drug-likeness (QED) is 0.620. The molecule has 1 saturated heterocycles. The van der Waals surface area contributed by atoms with Crippen LogP contribution in [0.4, 0.5) is 11.4 Å². The maximum atomic E-state index is 12.4. The van der Waals surface area contributed by atoms with Gasteiger partial charge in [0.05, 0.1) is 12.0 Å². The van der Waals surface area contributed by atoms with Gasteiger partial charge in [0.15, 0.2) is 5.75 Å². The lowest BCUT2D eigenvalue weighted by Crippen LogP contribution is -2.40. The molecule has 8 heteroatoms. The standard InChI is InChI=1S/C19H22N4O4/c1-27-18-11-16(4-5-17(18)23(25)26)22-9-6-15(7-10-22)19(24)21-13-14-3-2-8-20-12-14/h2-5,8,11-12,15H,6-7,9-10,13H2,1H3,(H,21,24). The first-order valence-corrected chi connectivity index (χ1v) is 8.82. The largest absolute Gasteiger partial charge is 0.490 e. The molecule has 2 aromatic rings. The number of anilines is 1. The summed E-state index contributed by atoms with van der Waals surface area (Å²) < 4.78 is 5.13. The molecule has 0 unspecified atom stereocenters. The Morgan fingerprint density at radius 3 is 2.78 bits per heavy atom. The van der Waals surface area contributed by atoms with Crippen molar-refractivity contribution in [3.63, 3.8) is 0 Å². The number of hydrogen-bond acceptors (Lipinski definition) is 6. The van der Waals surface area contributed by atoms with Crippen molar-refractivity contribution in [3.8, 4) is 5.75 Å². The summed E-state index contributed by atoms with van der Waals surface area (Å²) >= 11 is 0. The zero-order chi connectivity index (χ0) is 19.2. The minimum Gasteiger partial charge on any atom is -0.490 e. The summed E-state index contributed by atoms with van der Waals surface area (Å²) in [7, 11) is 1.42. The Morgan fingerprint density at radius 2 is 2.15 bits per heavy atom. The number of ether oxygens (including phenoxy) is 1. The highest BCUT2D eigenvalue weighted by Gasteiger charge is 2.26. The van der Waals surface area contributed by atoms with Crippen LogP contribution in [0.1, 0.15) is 18.4 Å². The van der Waals surface area contributed by atoms with Crippen molar-refractivity contribution in [3.05, 3.63) is 58.4 Å². The van der Waals surface area contributed by atoms with Crippen LogP contribution in [0.3, 0.4) is 0 Å². The van der Waals surface area contributed by atoms with Crippen molar-refractivity contribution in [2.24, 2.45) is 5.92 Å². The van der Waals surface area contributed by atoms with Gasteiger partial charge in [-0.1, -0.05) is 6.07 Å². The van der Waals surface area contributed by atoms with Gasteiger partial charge in [0.2, 0.25) is 5.91 Å². The van der Waals surface area contributed by atoms with Crippen LogP contribution in [0.5, 0.6) is 5.75 Å². The van der Waals surface area contributed by atoms with Gasteiger partial charge < -0.3 is 15.0 Å². The Kier molecular flexibility index (Phi) is 5.85. The van der Waals surface area contributed by atoms with E-state index < -0.39 is 4.92 Å². The van der Waals surface area contributed by atoms with E-state index in [1.807, 2.05) is 12.1 Å². The average molecular weight is 370 g/mol. The number of nitrogens with zero attached hydrogens (tertiary/aromatic N) is 3. The van der Waals surface area contributed by atoms with Gasteiger partial charge >= 0.3 is 5.69 Å². The van der Waals surface area contributed by atoms with Crippen LogP contribution in [0.15, 0.2) is 42.7 Å². The Balaban J connectivity index is 1.55. The van der Waals surface area contributed by atoms with Crippen LogP contribution in [-0.2, 0) is 11.3 Å². The van der Waals surface area contributed by atoms with E-state index in [1.54, 1.807) is 24.5 Å². The molecule has 0 radical (unpaired) electrons. The molecule has 0 aliphatic carbocycles. The number of nitro groups is 1. The second kappa shape index (κ2) is 8.48. The number of benzene rings is 1. The van der Waals surface area contributed by atoms with Crippen molar-refractivity contribution in [1.82, 2.24) is 10.3 Å². The Hall–Kier alpha value is -3.16. The molecule has 0 atom stereocenters. The predicted octanol–water partition coefficient (Wildman–Crippen LogP) is 2.53. The minimum absolute atomic E-state index is 0.0298. The third kappa shape index (κ3) is 4.52. The van der Waals surface area contributed by atoms with Crippen LogP contribution < -0.4 is 15.0 Å². The van der Waals surface area contributed by atoms with Crippen molar-refractivity contribution in [2.45, 2.75) is 19.4 Å². The zero-order valence-electron chi connectivity index (χ0n) is 15.1. The number of piperidine rings is 1. The summed E-state index contributed by atoms with van der Waals surface area (Å²) in [4.78, 5) is 29.1. The van der Waals surface area contributed by atoms with Gasteiger partial charge in [-0.15, -0.1) is 0 Å². The fourth-order valence-electron chi connectivity index (χ4n) is 3.25. The van der Waals surface area contributed by atoms with E-state index in [4.69, 9.17) is 4.74 Å². The van der Waals surface area contributed by atoms with Gasteiger partial charge in [0.25, 0.3) is 0 Å². The molecule has 0 spiro atoms. The first-order chi connectivity index (χ1) is 13.1. The number of amides is 1. The van der Waals surface area contributed by atoms with Crippen LogP contribution >= 0.6 is 0 Å². The fourth-order valence-corrected chi connectivity index (χ4v) is 3.25. The van der Waals surface area contributed by atoms with Gasteiger partial charge in [-0.3, -0.25) is 19.9 Å². The smallest absolute Gasteiger partial charge is 0.311 e. The lowest BCUT2D eigenvalue weighted by atomic mass is 9.95. The van der Waals surface area contributed by atoms with Gasteiger partial charge in [-0.25, -0.2) is 0 Å². The van der Waals surface area contributed by atoms with E-state index in [9.17, 15) is 14.9 Å². The molecular weight excluding hydrogens is 348 g/mol. The second-order valence-electron chi connectivity index (χ2n) is 6.45. The molecule has 2 heterocycles. The molecule has 142 valence electrons. The number of hydrogen-bond donors (Lipinski definition) is 1. The summed E-state index contributed by atoms with van der Waals surface area (Å²) in [6, 6.07) is 8.64. The average Bonchev–Trinajstić information content (AvgIpc) is 2.72. The zero-order valence-corrected chi connectivity index (χ0v) is 15.1. The molecule has 1 aliphatic rings. The number of nitrogens with one attached hydrogen (secondary N) is 1. The molecule has 1 N–H and O–H groups in total. The normalized spacial score (nSPS) is 14.6. The predicted molar refractivity (Wildman–Crippen MR) is 101 cm³/mol. The van der Waals surface area contributed by atoms with E-state index in [0.717, 1.165) is 24.1 Å². The lowest BCUT2D eigenvalue weighted by molar-refractivity contribution is -0.385. The number of carbonyl (C=O) groups is 1. The van der Waals surface area contributed by atoms with Gasteiger partial charge in [-0.2, -0.15) is 0 Å². The number of nitro benzene ring substituents is 1. The summed E-state index contributed by atoms with van der Waals surface area (Å²) in [6.07, 6.45) is 4.91.